The molecule has 0 amide bonds. The Hall–Kier alpha value is -1.00. The number of hydrogen-bond acceptors (Lipinski definition) is 4. The van der Waals surface area contributed by atoms with Crippen LogP contribution in [-0.4, -0.2) is 37.2 Å². The third-order valence-electron chi connectivity index (χ3n) is 4.30. The minimum Gasteiger partial charge on any atom is -0.469 e. The molecule has 3 atom stereocenters. The van der Waals surface area contributed by atoms with Gasteiger partial charge in [-0.1, -0.05) is 30.3 Å². The molecule has 0 radical (unpaired) electrons. The van der Waals surface area contributed by atoms with Crippen molar-refractivity contribution in [1.29, 1.82) is 0 Å². The highest BCUT2D eigenvalue weighted by Crippen LogP contribution is 2.38. The van der Waals surface area contributed by atoms with Crippen molar-refractivity contribution in [3.05, 3.63) is 35.9 Å². The maximum absolute atomic E-state index is 11.2. The van der Waals surface area contributed by atoms with Gasteiger partial charge in [-0.3, -0.25) is 4.79 Å². The Morgan fingerprint density at radius 2 is 2.10 bits per heavy atom. The molecule has 0 aliphatic heterocycles. The molecule has 2 rings (SSSR count). The van der Waals surface area contributed by atoms with Gasteiger partial charge >= 0.3 is 5.97 Å². The Balaban J connectivity index is 1.91. The van der Waals surface area contributed by atoms with E-state index in [4.69, 9.17) is 4.74 Å². The van der Waals surface area contributed by atoms with Crippen LogP contribution in [0, 0.1) is 0 Å². The van der Waals surface area contributed by atoms with E-state index in [2.05, 4.69) is 35.6 Å². The third-order valence-corrected chi connectivity index (χ3v) is 5.69. The summed E-state index contributed by atoms with van der Waals surface area (Å²) in [7, 11) is 3.50. The van der Waals surface area contributed by atoms with Gasteiger partial charge in [-0.15, -0.1) is 0 Å². The summed E-state index contributed by atoms with van der Waals surface area (Å²) in [6.45, 7) is 0. The van der Waals surface area contributed by atoms with Crippen LogP contribution >= 0.6 is 11.8 Å². The molecular weight excluding hydrogens is 282 g/mol. The number of thioether (sulfide) groups is 1. The maximum Gasteiger partial charge on any atom is 0.306 e. The number of nitrogens with one attached hydrogen (secondary N) is 1. The van der Waals surface area contributed by atoms with Gasteiger partial charge in [0, 0.05) is 17.0 Å². The smallest absolute Gasteiger partial charge is 0.306 e. The van der Waals surface area contributed by atoms with E-state index >= 15 is 0 Å². The van der Waals surface area contributed by atoms with E-state index in [1.807, 2.05) is 18.8 Å². The predicted octanol–water partition coefficient (Wildman–Crippen LogP) is 3.21. The highest BCUT2D eigenvalue weighted by atomic mass is 32.2. The summed E-state index contributed by atoms with van der Waals surface area (Å²) in [5.41, 5.74) is 1.45. The summed E-state index contributed by atoms with van der Waals surface area (Å²) in [6.07, 6.45) is 4.13. The van der Waals surface area contributed by atoms with E-state index < -0.39 is 0 Å². The number of carbonyl (C=O) groups is 1. The van der Waals surface area contributed by atoms with E-state index in [1.54, 1.807) is 0 Å². The summed E-state index contributed by atoms with van der Waals surface area (Å²) in [5.74, 6) is 1.38. The molecule has 1 aromatic carbocycles. The number of benzene rings is 1. The van der Waals surface area contributed by atoms with Crippen LogP contribution in [0.4, 0.5) is 0 Å². The molecule has 0 spiro atoms. The monoisotopic (exact) mass is 307 g/mol. The van der Waals surface area contributed by atoms with Gasteiger partial charge in [0.1, 0.15) is 0 Å². The SMILES string of the molecule is CNC1CCC(c2ccccc2)CC1SCCC(=O)OC. The van der Waals surface area contributed by atoms with Gasteiger partial charge in [0.05, 0.1) is 13.5 Å². The summed E-state index contributed by atoms with van der Waals surface area (Å²) in [5, 5.41) is 4.01. The lowest BCUT2D eigenvalue weighted by Gasteiger charge is -2.36. The number of hydrogen-bond donors (Lipinski definition) is 1. The van der Waals surface area contributed by atoms with Crippen molar-refractivity contribution in [2.24, 2.45) is 0 Å². The molecule has 116 valence electrons. The normalized spacial score (nSPS) is 25.5. The van der Waals surface area contributed by atoms with Crippen LogP contribution in [-0.2, 0) is 9.53 Å². The molecule has 3 unspecified atom stereocenters. The molecule has 21 heavy (non-hydrogen) atoms. The maximum atomic E-state index is 11.2. The summed E-state index contributed by atoms with van der Waals surface area (Å²) in [6, 6.07) is 11.3. The van der Waals surface area contributed by atoms with Crippen LogP contribution < -0.4 is 5.32 Å². The predicted molar refractivity (Wildman–Crippen MR) is 88.8 cm³/mol. The number of carbonyl (C=O) groups excluding carboxylic acids is 1. The Kier molecular flexibility index (Phi) is 6.58. The first-order valence-electron chi connectivity index (χ1n) is 7.65. The number of rotatable bonds is 6. The zero-order valence-electron chi connectivity index (χ0n) is 12.9. The van der Waals surface area contributed by atoms with Gasteiger partial charge in [-0.2, -0.15) is 11.8 Å². The van der Waals surface area contributed by atoms with Gasteiger partial charge in [0.2, 0.25) is 0 Å². The molecule has 1 fully saturated rings. The van der Waals surface area contributed by atoms with Crippen molar-refractivity contribution < 1.29 is 9.53 Å². The van der Waals surface area contributed by atoms with Crippen LogP contribution in [0.15, 0.2) is 30.3 Å². The number of ether oxygens (including phenoxy) is 1. The van der Waals surface area contributed by atoms with E-state index in [9.17, 15) is 4.79 Å². The molecule has 0 saturated heterocycles. The zero-order chi connectivity index (χ0) is 15.1. The van der Waals surface area contributed by atoms with Gasteiger partial charge in [0.15, 0.2) is 0 Å². The minimum atomic E-state index is -0.112. The van der Waals surface area contributed by atoms with Gasteiger partial charge in [-0.05, 0) is 37.8 Å². The van der Waals surface area contributed by atoms with Gasteiger partial charge < -0.3 is 10.1 Å². The minimum absolute atomic E-state index is 0.112. The quantitative estimate of drug-likeness (QED) is 0.819. The topological polar surface area (TPSA) is 38.3 Å². The largest absolute Gasteiger partial charge is 0.469 e. The van der Waals surface area contributed by atoms with E-state index in [0.717, 1.165) is 5.75 Å². The van der Waals surface area contributed by atoms with E-state index in [0.29, 0.717) is 23.6 Å². The third kappa shape index (κ3) is 4.75. The lowest BCUT2D eigenvalue weighted by molar-refractivity contribution is -0.140. The molecule has 1 saturated carbocycles. The van der Waals surface area contributed by atoms with E-state index in [-0.39, 0.29) is 5.97 Å². The Bertz CT molecular complexity index is 438. The molecule has 1 aliphatic carbocycles. The molecular formula is C17H25NO2S. The van der Waals surface area contributed by atoms with Crippen molar-refractivity contribution in [1.82, 2.24) is 5.32 Å². The van der Waals surface area contributed by atoms with Crippen molar-refractivity contribution >= 4 is 17.7 Å². The Morgan fingerprint density at radius 1 is 1.33 bits per heavy atom. The van der Waals surface area contributed by atoms with Crippen molar-refractivity contribution in [2.45, 2.75) is 42.9 Å². The fraction of sp³-hybridized carbons (Fsp3) is 0.588. The lowest BCUT2D eigenvalue weighted by Crippen LogP contribution is -2.40. The molecule has 1 N–H and O–H groups in total. The molecule has 0 aromatic heterocycles. The van der Waals surface area contributed by atoms with Gasteiger partial charge in [0.25, 0.3) is 0 Å². The standard InChI is InChI=1S/C17H25NO2S/c1-18-15-9-8-14(13-6-4-3-5-7-13)12-16(15)21-11-10-17(19)20-2/h3-7,14-16,18H,8-12H2,1-2H3. The van der Waals surface area contributed by atoms with Crippen LogP contribution in [0.5, 0.6) is 0 Å². The van der Waals surface area contributed by atoms with Crippen LogP contribution in [0.2, 0.25) is 0 Å². The second-order valence-corrected chi connectivity index (χ2v) is 6.90. The second-order valence-electron chi connectivity index (χ2n) is 5.55. The highest BCUT2D eigenvalue weighted by molar-refractivity contribution is 7.99. The first-order chi connectivity index (χ1) is 10.2. The molecule has 1 aromatic rings. The fourth-order valence-corrected chi connectivity index (χ4v) is 4.53. The van der Waals surface area contributed by atoms with Crippen molar-refractivity contribution in [3.63, 3.8) is 0 Å². The average Bonchev–Trinajstić information content (AvgIpc) is 2.55. The second kappa shape index (κ2) is 8.44. The average molecular weight is 307 g/mol. The summed E-state index contributed by atoms with van der Waals surface area (Å²) >= 11 is 1.91. The van der Waals surface area contributed by atoms with Crippen LogP contribution in [0.3, 0.4) is 0 Å². The van der Waals surface area contributed by atoms with Gasteiger partial charge in [-0.25, -0.2) is 0 Å². The first-order valence-corrected chi connectivity index (χ1v) is 8.70. The van der Waals surface area contributed by atoms with Crippen molar-refractivity contribution in [2.75, 3.05) is 19.9 Å². The molecule has 0 bridgehead atoms. The lowest BCUT2D eigenvalue weighted by atomic mass is 9.81. The zero-order valence-corrected chi connectivity index (χ0v) is 13.7. The molecule has 1 aliphatic rings. The molecule has 0 heterocycles. The number of methoxy groups -OCH3 is 1. The molecule has 4 heteroatoms. The summed E-state index contributed by atoms with van der Waals surface area (Å²) in [4.78, 5) is 11.2. The Morgan fingerprint density at radius 3 is 2.76 bits per heavy atom. The number of esters is 1. The fourth-order valence-electron chi connectivity index (χ4n) is 3.07. The van der Waals surface area contributed by atoms with Crippen molar-refractivity contribution in [3.8, 4) is 0 Å². The first kappa shape index (κ1) is 16.4. The van der Waals surface area contributed by atoms with E-state index in [1.165, 1.54) is 31.9 Å². The summed E-state index contributed by atoms with van der Waals surface area (Å²) < 4.78 is 4.72. The Labute approximate surface area is 131 Å². The molecule has 3 nitrogen and oxygen atoms in total. The van der Waals surface area contributed by atoms with Crippen LogP contribution in [0.25, 0.3) is 0 Å². The highest BCUT2D eigenvalue weighted by Gasteiger charge is 2.30. The van der Waals surface area contributed by atoms with Crippen LogP contribution in [0.1, 0.15) is 37.2 Å².